The Labute approximate surface area is 135 Å². The van der Waals surface area contributed by atoms with Crippen LogP contribution in [0.2, 0.25) is 5.02 Å². The first-order valence-electron chi connectivity index (χ1n) is 6.09. The van der Waals surface area contributed by atoms with Crippen molar-refractivity contribution < 1.29 is 4.74 Å². The maximum Gasteiger partial charge on any atom is 0.193 e. The van der Waals surface area contributed by atoms with Crippen molar-refractivity contribution in [1.29, 1.82) is 0 Å². The number of nitrogens with zero attached hydrogens (tertiary/aromatic N) is 1. The zero-order valence-electron chi connectivity index (χ0n) is 10.9. The van der Waals surface area contributed by atoms with Gasteiger partial charge in [0.05, 0.1) is 12.1 Å². The Balaban J connectivity index is 0.00000180. The molecule has 6 heteroatoms. The van der Waals surface area contributed by atoms with Gasteiger partial charge in [0, 0.05) is 12.2 Å². The summed E-state index contributed by atoms with van der Waals surface area (Å²) in [5, 5.41) is 3.58. The molecule has 0 radical (unpaired) electrons. The predicted octanol–water partition coefficient (Wildman–Crippen LogP) is 3.49. The van der Waals surface area contributed by atoms with Crippen LogP contribution in [0.15, 0.2) is 23.2 Å². The van der Waals surface area contributed by atoms with Crippen LogP contribution in [0.5, 0.6) is 5.75 Å². The number of hydrogen-bond acceptors (Lipinski definition) is 2. The smallest absolute Gasteiger partial charge is 0.193 e. The predicted molar refractivity (Wildman–Crippen MR) is 90.9 cm³/mol. The van der Waals surface area contributed by atoms with Crippen LogP contribution in [-0.4, -0.2) is 19.6 Å². The molecule has 1 aliphatic carbocycles. The summed E-state index contributed by atoms with van der Waals surface area (Å²) in [6.07, 6.45) is 3.86. The second-order valence-electron chi connectivity index (χ2n) is 4.50. The van der Waals surface area contributed by atoms with Crippen molar-refractivity contribution in [3.8, 4) is 5.75 Å². The Kier molecular flexibility index (Phi) is 6.71. The van der Waals surface area contributed by atoms with Crippen molar-refractivity contribution in [2.24, 2.45) is 16.6 Å². The van der Waals surface area contributed by atoms with Crippen LogP contribution in [0.4, 0.5) is 5.69 Å². The van der Waals surface area contributed by atoms with Gasteiger partial charge in [0.2, 0.25) is 0 Å². The summed E-state index contributed by atoms with van der Waals surface area (Å²) in [5.41, 5.74) is 6.63. The van der Waals surface area contributed by atoms with E-state index in [1.54, 1.807) is 19.2 Å². The Morgan fingerprint density at radius 1 is 1.53 bits per heavy atom. The Morgan fingerprint density at radius 2 is 2.26 bits per heavy atom. The second-order valence-corrected chi connectivity index (χ2v) is 4.90. The van der Waals surface area contributed by atoms with Gasteiger partial charge in [-0.05, 0) is 37.0 Å². The number of aliphatic imine (C=N–C) groups is 1. The third-order valence-electron chi connectivity index (χ3n) is 3.17. The highest BCUT2D eigenvalue weighted by molar-refractivity contribution is 14.0. The highest BCUT2D eigenvalue weighted by atomic mass is 127. The number of guanidine groups is 1. The Bertz CT molecular complexity index is 450. The van der Waals surface area contributed by atoms with E-state index in [1.165, 1.54) is 19.3 Å². The number of methoxy groups -OCH3 is 1. The molecule has 4 nitrogen and oxygen atoms in total. The van der Waals surface area contributed by atoms with Gasteiger partial charge in [-0.2, -0.15) is 0 Å². The molecule has 1 saturated carbocycles. The largest absolute Gasteiger partial charge is 0.495 e. The first-order chi connectivity index (χ1) is 8.69. The van der Waals surface area contributed by atoms with Crippen LogP contribution in [0.25, 0.3) is 0 Å². The molecule has 1 aliphatic rings. The van der Waals surface area contributed by atoms with Crippen LogP contribution in [-0.2, 0) is 0 Å². The van der Waals surface area contributed by atoms with Crippen molar-refractivity contribution in [3.63, 3.8) is 0 Å². The molecule has 19 heavy (non-hydrogen) atoms. The molecular weight excluding hydrogens is 377 g/mol. The number of benzene rings is 1. The molecule has 0 unspecified atom stereocenters. The number of hydrogen-bond donors (Lipinski definition) is 2. The first-order valence-corrected chi connectivity index (χ1v) is 6.47. The van der Waals surface area contributed by atoms with E-state index in [-0.39, 0.29) is 24.0 Å². The van der Waals surface area contributed by atoms with Crippen molar-refractivity contribution in [2.75, 3.05) is 19.0 Å². The zero-order chi connectivity index (χ0) is 13.0. The average molecular weight is 396 g/mol. The van der Waals surface area contributed by atoms with Gasteiger partial charge in [-0.25, -0.2) is 0 Å². The molecule has 0 amide bonds. The van der Waals surface area contributed by atoms with Gasteiger partial charge in [-0.15, -0.1) is 24.0 Å². The molecule has 106 valence electrons. The van der Waals surface area contributed by atoms with Gasteiger partial charge in [-0.1, -0.05) is 18.0 Å². The number of nitrogens with one attached hydrogen (secondary N) is 1. The summed E-state index contributed by atoms with van der Waals surface area (Å²) in [7, 11) is 1.59. The number of rotatable bonds is 4. The first kappa shape index (κ1) is 16.4. The zero-order valence-corrected chi connectivity index (χ0v) is 13.9. The average Bonchev–Trinajstić information content (AvgIpc) is 2.27. The highest BCUT2D eigenvalue weighted by Crippen LogP contribution is 2.27. The minimum Gasteiger partial charge on any atom is -0.495 e. The van der Waals surface area contributed by atoms with Gasteiger partial charge in [0.25, 0.3) is 0 Å². The van der Waals surface area contributed by atoms with E-state index in [9.17, 15) is 0 Å². The quantitative estimate of drug-likeness (QED) is 0.466. The fraction of sp³-hybridized carbons (Fsp3) is 0.462. The van der Waals surface area contributed by atoms with E-state index >= 15 is 0 Å². The van der Waals surface area contributed by atoms with Crippen LogP contribution >= 0.6 is 35.6 Å². The lowest BCUT2D eigenvalue weighted by Crippen LogP contribution is -2.25. The molecule has 1 fully saturated rings. The second kappa shape index (κ2) is 7.79. The molecule has 0 aliphatic heterocycles. The lowest BCUT2D eigenvalue weighted by atomic mass is 9.86. The third-order valence-corrected chi connectivity index (χ3v) is 3.46. The summed E-state index contributed by atoms with van der Waals surface area (Å²) in [6.45, 7) is 0.808. The van der Waals surface area contributed by atoms with Gasteiger partial charge in [0.15, 0.2) is 5.96 Å². The van der Waals surface area contributed by atoms with E-state index in [0.717, 1.165) is 12.2 Å². The van der Waals surface area contributed by atoms with E-state index in [4.69, 9.17) is 22.1 Å². The van der Waals surface area contributed by atoms with Crippen LogP contribution in [0.1, 0.15) is 19.3 Å². The van der Waals surface area contributed by atoms with Crippen LogP contribution < -0.4 is 15.8 Å². The maximum atomic E-state index is 6.03. The summed E-state index contributed by atoms with van der Waals surface area (Å²) >= 11 is 6.03. The van der Waals surface area contributed by atoms with Crippen molar-refractivity contribution >= 4 is 47.2 Å². The highest BCUT2D eigenvalue weighted by Gasteiger charge is 2.16. The van der Waals surface area contributed by atoms with Crippen molar-refractivity contribution in [1.82, 2.24) is 0 Å². The normalized spacial score (nSPS) is 15.4. The lowest BCUT2D eigenvalue weighted by molar-refractivity contribution is 0.326. The summed E-state index contributed by atoms with van der Waals surface area (Å²) < 4.78 is 5.08. The molecule has 0 heterocycles. The standard InChI is InChI=1S/C13H18ClN3O.HI/c1-18-12-6-5-10(7-11(12)14)17-13(15)16-8-9-3-2-4-9;/h5-7,9H,2-4,8H2,1H3,(H3,15,16,17);1H. The molecule has 0 saturated heterocycles. The summed E-state index contributed by atoms with van der Waals surface area (Å²) in [5.74, 6) is 1.79. The van der Waals surface area contributed by atoms with Crippen LogP contribution in [0, 0.1) is 5.92 Å². The molecule has 1 aromatic rings. The molecular formula is C13H19ClIN3O. The van der Waals surface area contributed by atoms with E-state index < -0.39 is 0 Å². The molecule has 2 rings (SSSR count). The minimum absolute atomic E-state index is 0. The molecule has 1 aromatic carbocycles. The molecule has 3 N–H and O–H groups in total. The number of nitrogens with two attached hydrogens (primary N) is 1. The lowest BCUT2D eigenvalue weighted by Gasteiger charge is -2.23. The van der Waals surface area contributed by atoms with E-state index in [0.29, 0.717) is 22.6 Å². The number of anilines is 1. The topological polar surface area (TPSA) is 59.6 Å². The minimum atomic E-state index is 0. The fourth-order valence-electron chi connectivity index (χ4n) is 1.83. The Hall–Kier alpha value is -0.690. The third kappa shape index (κ3) is 4.72. The van der Waals surface area contributed by atoms with Gasteiger partial charge < -0.3 is 15.8 Å². The Morgan fingerprint density at radius 3 is 2.79 bits per heavy atom. The monoisotopic (exact) mass is 395 g/mol. The maximum absolute atomic E-state index is 6.03. The van der Waals surface area contributed by atoms with E-state index in [2.05, 4.69) is 10.3 Å². The molecule has 0 bridgehead atoms. The molecule has 0 aromatic heterocycles. The summed E-state index contributed by atoms with van der Waals surface area (Å²) in [6, 6.07) is 5.42. The van der Waals surface area contributed by atoms with Crippen LogP contribution in [0.3, 0.4) is 0 Å². The van der Waals surface area contributed by atoms with Gasteiger partial charge >= 0.3 is 0 Å². The fourth-order valence-corrected chi connectivity index (χ4v) is 2.09. The number of ether oxygens (including phenoxy) is 1. The number of halogens is 2. The van der Waals surface area contributed by atoms with Gasteiger partial charge in [0.1, 0.15) is 5.75 Å². The molecule has 0 atom stereocenters. The summed E-state index contributed by atoms with van der Waals surface area (Å²) in [4.78, 5) is 4.32. The molecule has 0 spiro atoms. The van der Waals surface area contributed by atoms with E-state index in [1.807, 2.05) is 6.07 Å². The van der Waals surface area contributed by atoms with Crippen molar-refractivity contribution in [2.45, 2.75) is 19.3 Å². The SMILES string of the molecule is COc1ccc(NC(N)=NCC2CCC2)cc1Cl.I. The van der Waals surface area contributed by atoms with Crippen molar-refractivity contribution in [3.05, 3.63) is 23.2 Å². The van der Waals surface area contributed by atoms with Gasteiger partial charge in [-0.3, -0.25) is 4.99 Å².